The summed E-state index contributed by atoms with van der Waals surface area (Å²) in [5, 5.41) is 11.2. The monoisotopic (exact) mass is 518 g/mol. The molecule has 0 aliphatic rings. The normalized spacial score (nSPS) is 13.5. The first kappa shape index (κ1) is 28.3. The molecule has 0 bridgehead atoms. The lowest BCUT2D eigenvalue weighted by Crippen LogP contribution is -2.47. The van der Waals surface area contributed by atoms with Crippen LogP contribution in [-0.4, -0.2) is 31.3 Å². The highest BCUT2D eigenvalue weighted by Gasteiger charge is 2.45. The minimum atomic E-state index is -4.85. The van der Waals surface area contributed by atoms with Gasteiger partial charge in [-0.1, -0.05) is 0 Å². The topological polar surface area (TPSA) is 107 Å². The van der Waals surface area contributed by atoms with Crippen molar-refractivity contribution in [3.05, 3.63) is 59.4 Å². The summed E-state index contributed by atoms with van der Waals surface area (Å²) in [6.45, 7) is 3.40. The molecule has 0 fully saturated rings. The number of carbonyl (C=O) groups is 1. The Kier molecular flexibility index (Phi) is 9.40. The maximum Gasteiger partial charge on any atom is 0.475 e. The van der Waals surface area contributed by atoms with Crippen LogP contribution in [0.4, 0.5) is 23.2 Å². The molecule has 190 valence electrons. The van der Waals surface area contributed by atoms with Crippen LogP contribution in [0.5, 0.6) is 5.75 Å². The fourth-order valence-corrected chi connectivity index (χ4v) is 4.20. The van der Waals surface area contributed by atoms with E-state index in [1.165, 1.54) is 39.0 Å². The van der Waals surface area contributed by atoms with Crippen LogP contribution in [0.2, 0.25) is 0 Å². The number of anilines is 1. The van der Waals surface area contributed by atoms with Gasteiger partial charge in [0.1, 0.15) is 18.2 Å². The van der Waals surface area contributed by atoms with Crippen molar-refractivity contribution in [2.24, 2.45) is 0 Å². The van der Waals surface area contributed by atoms with Crippen LogP contribution in [-0.2, 0) is 29.1 Å². The molecule has 1 amide bonds. The fourth-order valence-electron chi connectivity index (χ4n) is 2.76. The minimum Gasteiger partial charge on any atom is -0.490 e. The van der Waals surface area contributed by atoms with E-state index in [1.807, 2.05) is 0 Å². The molecule has 2 rings (SSSR count). The van der Waals surface area contributed by atoms with E-state index in [4.69, 9.17) is 23.6 Å². The zero-order chi connectivity index (χ0) is 26.3. The van der Waals surface area contributed by atoms with Crippen molar-refractivity contribution in [3.8, 4) is 11.8 Å². The third-order valence-electron chi connectivity index (χ3n) is 4.40. The number of benzene rings is 2. The van der Waals surface area contributed by atoms with Gasteiger partial charge in [0.2, 0.25) is 0 Å². The quantitative estimate of drug-likeness (QED) is 0.301. The van der Waals surface area contributed by atoms with Crippen LogP contribution >= 0.6 is 7.82 Å². The third-order valence-corrected chi connectivity index (χ3v) is 6.17. The van der Waals surface area contributed by atoms with Crippen LogP contribution in [0.25, 0.3) is 0 Å². The highest BCUT2D eigenvalue weighted by atomic mass is 31.2. The standard InChI is InChI=1S/C22H23F4N2O6P/c1-4-32-35(30,33-5-2)34-21(3,14-31-18-10-7-16(23)8-11-18)20(29)28-17-9-6-15(13-27)19(12-17)22(24,25)26/h6-12H,4-5,14H2,1-3H3,(H,28,29). The van der Waals surface area contributed by atoms with Crippen LogP contribution < -0.4 is 10.1 Å². The average molecular weight is 518 g/mol. The van der Waals surface area contributed by atoms with Crippen LogP contribution in [0.3, 0.4) is 0 Å². The van der Waals surface area contributed by atoms with Crippen LogP contribution in [0.15, 0.2) is 42.5 Å². The Morgan fingerprint density at radius 1 is 1.09 bits per heavy atom. The molecule has 0 saturated carbocycles. The van der Waals surface area contributed by atoms with Gasteiger partial charge in [-0.2, -0.15) is 18.4 Å². The lowest BCUT2D eigenvalue weighted by Gasteiger charge is -2.31. The Balaban J connectivity index is 2.39. The smallest absolute Gasteiger partial charge is 0.475 e. The number of nitriles is 1. The summed E-state index contributed by atoms with van der Waals surface area (Å²) in [6, 6.07) is 8.78. The van der Waals surface area contributed by atoms with E-state index in [-0.39, 0.29) is 24.7 Å². The molecule has 2 aromatic carbocycles. The van der Waals surface area contributed by atoms with Gasteiger partial charge in [-0.05, 0) is 63.2 Å². The molecule has 13 heteroatoms. The van der Waals surface area contributed by atoms with Crippen molar-refractivity contribution in [2.45, 2.75) is 32.5 Å². The maximum absolute atomic E-state index is 13.3. The SMILES string of the molecule is CCOP(=O)(OCC)OC(C)(COc1ccc(F)cc1)C(=O)Nc1ccc(C#N)c(C(F)(F)F)c1. The average Bonchev–Trinajstić information content (AvgIpc) is 2.78. The van der Waals surface area contributed by atoms with Crippen molar-refractivity contribution in [3.63, 3.8) is 0 Å². The molecule has 2 aromatic rings. The molecule has 0 heterocycles. The first-order valence-corrected chi connectivity index (χ1v) is 11.7. The highest BCUT2D eigenvalue weighted by Crippen LogP contribution is 2.52. The zero-order valence-corrected chi connectivity index (χ0v) is 19.9. The van der Waals surface area contributed by atoms with Gasteiger partial charge < -0.3 is 10.1 Å². The molecule has 35 heavy (non-hydrogen) atoms. The lowest BCUT2D eigenvalue weighted by molar-refractivity contribution is -0.138. The largest absolute Gasteiger partial charge is 0.490 e. The zero-order valence-electron chi connectivity index (χ0n) is 19.0. The third kappa shape index (κ3) is 7.77. The second-order valence-electron chi connectivity index (χ2n) is 7.17. The van der Waals surface area contributed by atoms with Crippen LogP contribution in [0.1, 0.15) is 31.9 Å². The van der Waals surface area contributed by atoms with Crippen molar-refractivity contribution in [1.29, 1.82) is 5.26 Å². The molecule has 1 N–H and O–H groups in total. The maximum atomic E-state index is 13.3. The number of halogens is 4. The van der Waals surface area contributed by atoms with E-state index >= 15 is 0 Å². The summed E-state index contributed by atoms with van der Waals surface area (Å²) >= 11 is 0. The second-order valence-corrected chi connectivity index (χ2v) is 8.76. The Hall–Kier alpha value is -2.97. The predicted molar refractivity (Wildman–Crippen MR) is 117 cm³/mol. The minimum absolute atomic E-state index is 0.0988. The Morgan fingerprint density at radius 3 is 2.20 bits per heavy atom. The Labute approximate surface area is 199 Å². The van der Waals surface area contributed by atoms with Gasteiger partial charge >= 0.3 is 14.0 Å². The number of hydrogen-bond acceptors (Lipinski definition) is 7. The van der Waals surface area contributed by atoms with Gasteiger partial charge in [0.05, 0.1) is 30.4 Å². The number of ether oxygens (including phenoxy) is 1. The summed E-state index contributed by atoms with van der Waals surface area (Å²) in [7, 11) is -4.30. The van der Waals surface area contributed by atoms with Gasteiger partial charge in [0, 0.05) is 5.69 Å². The summed E-state index contributed by atoms with van der Waals surface area (Å²) in [4.78, 5) is 13.2. The van der Waals surface area contributed by atoms with E-state index < -0.39 is 49.1 Å². The molecule has 8 nitrogen and oxygen atoms in total. The van der Waals surface area contributed by atoms with E-state index in [1.54, 1.807) is 0 Å². The molecule has 1 atom stereocenters. The van der Waals surface area contributed by atoms with E-state index in [9.17, 15) is 26.9 Å². The van der Waals surface area contributed by atoms with Gasteiger partial charge in [-0.25, -0.2) is 8.96 Å². The number of rotatable bonds is 11. The molecule has 0 aliphatic heterocycles. The number of nitrogens with one attached hydrogen (secondary N) is 1. The van der Waals surface area contributed by atoms with Gasteiger partial charge in [-0.3, -0.25) is 18.4 Å². The lowest BCUT2D eigenvalue weighted by atomic mass is 10.1. The summed E-state index contributed by atoms with van der Waals surface area (Å²) in [5.74, 6) is -1.45. The Morgan fingerprint density at radius 2 is 1.69 bits per heavy atom. The summed E-state index contributed by atoms with van der Waals surface area (Å²) in [6.07, 6.45) is -4.85. The van der Waals surface area contributed by atoms with Crippen molar-refractivity contribution in [1.82, 2.24) is 0 Å². The van der Waals surface area contributed by atoms with Crippen LogP contribution in [0, 0.1) is 17.1 Å². The first-order chi connectivity index (χ1) is 16.4. The molecule has 0 spiro atoms. The summed E-state index contributed by atoms with van der Waals surface area (Å²) < 4.78 is 87.2. The highest BCUT2D eigenvalue weighted by molar-refractivity contribution is 7.48. The van der Waals surface area contributed by atoms with E-state index in [0.717, 1.165) is 24.3 Å². The number of phosphoric ester groups is 1. The van der Waals surface area contributed by atoms with Crippen molar-refractivity contribution >= 4 is 19.4 Å². The first-order valence-electron chi connectivity index (χ1n) is 10.3. The second kappa shape index (κ2) is 11.6. The van der Waals surface area contributed by atoms with Crippen molar-refractivity contribution < 1.29 is 45.2 Å². The number of nitrogens with zero attached hydrogens (tertiary/aromatic N) is 1. The van der Waals surface area contributed by atoms with Gasteiger partial charge in [0.15, 0.2) is 5.60 Å². The van der Waals surface area contributed by atoms with Gasteiger partial charge in [0.25, 0.3) is 5.91 Å². The molecule has 1 unspecified atom stereocenters. The predicted octanol–water partition coefficient (Wildman–Crippen LogP) is 5.69. The van der Waals surface area contributed by atoms with Crippen molar-refractivity contribution in [2.75, 3.05) is 25.1 Å². The molecule has 0 aliphatic carbocycles. The number of phosphoric acid groups is 1. The van der Waals surface area contributed by atoms with E-state index in [2.05, 4.69) is 5.32 Å². The number of alkyl halides is 3. The molecular formula is C22H23F4N2O6P. The molecule has 0 radical (unpaired) electrons. The number of amides is 1. The molecule has 0 aromatic heterocycles. The fraction of sp³-hybridized carbons (Fsp3) is 0.364. The molecular weight excluding hydrogens is 495 g/mol. The molecule has 0 saturated heterocycles. The Bertz CT molecular complexity index is 1110. The summed E-state index contributed by atoms with van der Waals surface area (Å²) in [5.41, 5.74) is -4.30. The van der Waals surface area contributed by atoms with Gasteiger partial charge in [-0.15, -0.1) is 0 Å². The van der Waals surface area contributed by atoms with E-state index in [0.29, 0.717) is 6.07 Å². The number of carbonyl (C=O) groups excluding carboxylic acids is 1. The number of hydrogen-bond donors (Lipinski definition) is 1.